The Balaban J connectivity index is 2.67. The van der Waals surface area contributed by atoms with Crippen LogP contribution in [0.1, 0.15) is 22.3 Å². The molecule has 0 heterocycles. The van der Waals surface area contributed by atoms with Gasteiger partial charge in [-0.1, -0.05) is 24.3 Å². The first kappa shape index (κ1) is 7.86. The quantitative estimate of drug-likeness (QED) is 0.614. The first-order valence-electron chi connectivity index (χ1n) is 3.99. The molecule has 1 aromatic rings. The van der Waals surface area contributed by atoms with Gasteiger partial charge in [0.25, 0.3) is 0 Å². The van der Waals surface area contributed by atoms with E-state index in [0.717, 1.165) is 0 Å². The van der Waals surface area contributed by atoms with Crippen molar-refractivity contribution in [1.29, 1.82) is 10.8 Å². The van der Waals surface area contributed by atoms with Gasteiger partial charge in [0.15, 0.2) is 5.78 Å². The molecule has 0 amide bonds. The fraction of sp³-hybridized carbons (Fsp3) is 0.100. The van der Waals surface area contributed by atoms with Crippen LogP contribution in [0.4, 0.5) is 0 Å². The average Bonchev–Trinajstić information content (AvgIpc) is 2.15. The van der Waals surface area contributed by atoms with Crippen LogP contribution in [-0.4, -0.2) is 17.2 Å². The Bertz CT molecular complexity index is 421. The fourth-order valence-electron chi connectivity index (χ4n) is 1.45. The monoisotopic (exact) mass is 172 g/mol. The zero-order valence-corrected chi connectivity index (χ0v) is 6.92. The van der Waals surface area contributed by atoms with Crippen molar-refractivity contribution < 1.29 is 4.79 Å². The van der Waals surface area contributed by atoms with Crippen LogP contribution in [0.2, 0.25) is 0 Å². The van der Waals surface area contributed by atoms with Crippen molar-refractivity contribution in [2.45, 2.75) is 6.42 Å². The summed E-state index contributed by atoms with van der Waals surface area (Å²) in [5, 5.41) is 15.0. The van der Waals surface area contributed by atoms with Crippen molar-refractivity contribution in [3.05, 3.63) is 35.4 Å². The molecule has 3 nitrogen and oxygen atoms in total. The number of hydrogen-bond acceptors (Lipinski definition) is 3. The van der Waals surface area contributed by atoms with Crippen molar-refractivity contribution in [3.8, 4) is 0 Å². The van der Waals surface area contributed by atoms with Gasteiger partial charge in [-0.2, -0.15) is 0 Å². The maximum atomic E-state index is 11.4. The zero-order chi connectivity index (χ0) is 9.42. The minimum absolute atomic E-state index is 0.0587. The van der Waals surface area contributed by atoms with Crippen LogP contribution in [0, 0.1) is 10.8 Å². The van der Waals surface area contributed by atoms with Gasteiger partial charge in [-0.25, -0.2) is 0 Å². The molecule has 1 aliphatic carbocycles. The van der Waals surface area contributed by atoms with E-state index in [-0.39, 0.29) is 23.6 Å². The summed E-state index contributed by atoms with van der Waals surface area (Å²) < 4.78 is 0. The summed E-state index contributed by atoms with van der Waals surface area (Å²) in [5.74, 6) is -0.0587. The molecule has 0 radical (unpaired) electrons. The van der Waals surface area contributed by atoms with Gasteiger partial charge in [0, 0.05) is 11.1 Å². The van der Waals surface area contributed by atoms with Gasteiger partial charge < -0.3 is 5.41 Å². The minimum atomic E-state index is -0.0587. The zero-order valence-electron chi connectivity index (χ0n) is 6.92. The number of rotatable bonds is 0. The van der Waals surface area contributed by atoms with Crippen molar-refractivity contribution in [3.63, 3.8) is 0 Å². The molecule has 64 valence electrons. The molecular weight excluding hydrogens is 164 g/mol. The molecule has 1 aliphatic rings. The number of hydrogen-bond donors (Lipinski definition) is 2. The lowest BCUT2D eigenvalue weighted by Gasteiger charge is -2.15. The number of nitrogens with one attached hydrogen (secondary N) is 2. The van der Waals surface area contributed by atoms with Gasteiger partial charge in [-0.05, 0) is 0 Å². The van der Waals surface area contributed by atoms with E-state index in [9.17, 15) is 4.79 Å². The molecule has 2 N–H and O–H groups in total. The van der Waals surface area contributed by atoms with Crippen LogP contribution in [0.15, 0.2) is 24.3 Å². The van der Waals surface area contributed by atoms with E-state index in [1.807, 2.05) is 0 Å². The number of carbonyl (C=O) groups excluding carboxylic acids is 1. The van der Waals surface area contributed by atoms with Crippen molar-refractivity contribution in [2.75, 3.05) is 0 Å². The summed E-state index contributed by atoms with van der Waals surface area (Å²) in [6.45, 7) is 0. The molecule has 0 spiro atoms. The van der Waals surface area contributed by atoms with E-state index in [2.05, 4.69) is 0 Å². The van der Waals surface area contributed by atoms with E-state index in [1.165, 1.54) is 0 Å². The molecule has 0 bridgehead atoms. The molecule has 3 heteroatoms. The van der Waals surface area contributed by atoms with Gasteiger partial charge >= 0.3 is 0 Å². The Hall–Kier alpha value is -1.77. The van der Waals surface area contributed by atoms with Crippen molar-refractivity contribution >= 4 is 17.2 Å². The molecule has 0 unspecified atom stereocenters. The van der Waals surface area contributed by atoms with Crippen molar-refractivity contribution in [2.24, 2.45) is 0 Å². The number of benzene rings is 1. The van der Waals surface area contributed by atoms with E-state index < -0.39 is 0 Å². The van der Waals surface area contributed by atoms with E-state index >= 15 is 0 Å². The van der Waals surface area contributed by atoms with Crippen LogP contribution in [0.25, 0.3) is 0 Å². The SMILES string of the molecule is N=C1CC(=O)c2ccccc2C1=N. The predicted molar refractivity (Wildman–Crippen MR) is 49.9 cm³/mol. The fourth-order valence-corrected chi connectivity index (χ4v) is 1.45. The number of Topliss-reactive ketones (excluding diaryl/α,β-unsaturated/α-hetero) is 1. The molecule has 2 rings (SSSR count). The molecule has 1 aromatic carbocycles. The number of carbonyl (C=O) groups is 1. The highest BCUT2D eigenvalue weighted by Crippen LogP contribution is 2.18. The molecule has 0 atom stereocenters. The summed E-state index contributed by atoms with van der Waals surface area (Å²) >= 11 is 0. The normalized spacial score (nSPS) is 15.8. The van der Waals surface area contributed by atoms with Gasteiger partial charge in [-0.3, -0.25) is 10.2 Å². The number of ketones is 1. The molecular formula is C10H8N2O. The third kappa shape index (κ3) is 1.09. The van der Waals surface area contributed by atoms with Gasteiger partial charge in [0.05, 0.1) is 17.8 Å². The molecule has 0 saturated carbocycles. The standard InChI is InChI=1S/C10H8N2O/c11-8-5-9(13)6-3-1-2-4-7(6)10(8)12/h1-4,11-12H,5H2. The lowest BCUT2D eigenvalue weighted by atomic mass is 9.88. The second-order valence-electron chi connectivity index (χ2n) is 3.00. The smallest absolute Gasteiger partial charge is 0.169 e. The molecule has 13 heavy (non-hydrogen) atoms. The number of fused-ring (bicyclic) bond motifs is 1. The molecule has 0 aliphatic heterocycles. The van der Waals surface area contributed by atoms with Crippen LogP contribution in [0.3, 0.4) is 0 Å². The van der Waals surface area contributed by atoms with Gasteiger partial charge in [-0.15, -0.1) is 0 Å². The summed E-state index contributed by atoms with van der Waals surface area (Å²) in [7, 11) is 0. The third-order valence-corrected chi connectivity index (χ3v) is 2.14. The first-order chi connectivity index (χ1) is 6.20. The van der Waals surface area contributed by atoms with Crippen molar-refractivity contribution in [1.82, 2.24) is 0 Å². The van der Waals surface area contributed by atoms with Gasteiger partial charge in [0.1, 0.15) is 0 Å². The maximum Gasteiger partial charge on any atom is 0.169 e. The van der Waals surface area contributed by atoms with Crippen LogP contribution < -0.4 is 0 Å². The summed E-state index contributed by atoms with van der Waals surface area (Å²) in [5.41, 5.74) is 1.45. The highest BCUT2D eigenvalue weighted by atomic mass is 16.1. The predicted octanol–water partition coefficient (Wildman–Crippen LogP) is 1.66. The van der Waals surface area contributed by atoms with Crippen LogP contribution in [0.5, 0.6) is 0 Å². The summed E-state index contributed by atoms with van der Waals surface area (Å²) in [6, 6.07) is 6.97. The highest BCUT2D eigenvalue weighted by Gasteiger charge is 2.24. The molecule has 0 saturated heterocycles. The lowest BCUT2D eigenvalue weighted by Crippen LogP contribution is -2.26. The van der Waals surface area contributed by atoms with Crippen LogP contribution in [-0.2, 0) is 0 Å². The second kappa shape index (κ2) is 2.62. The Morgan fingerprint density at radius 1 is 1.08 bits per heavy atom. The highest BCUT2D eigenvalue weighted by molar-refractivity contribution is 6.52. The average molecular weight is 172 g/mol. The Morgan fingerprint density at radius 2 is 1.69 bits per heavy atom. The maximum absolute atomic E-state index is 11.4. The van der Waals surface area contributed by atoms with E-state index in [4.69, 9.17) is 10.8 Å². The Morgan fingerprint density at radius 3 is 2.38 bits per heavy atom. The molecule has 0 aromatic heterocycles. The summed E-state index contributed by atoms with van der Waals surface area (Å²) in [6.07, 6.45) is 0.0653. The third-order valence-electron chi connectivity index (χ3n) is 2.14. The Labute approximate surface area is 75.4 Å². The minimum Gasteiger partial charge on any atom is -0.303 e. The van der Waals surface area contributed by atoms with E-state index in [1.54, 1.807) is 24.3 Å². The molecule has 0 fully saturated rings. The van der Waals surface area contributed by atoms with Gasteiger partial charge in [0.2, 0.25) is 0 Å². The summed E-state index contributed by atoms with van der Waals surface area (Å²) in [4.78, 5) is 11.4. The first-order valence-corrected chi connectivity index (χ1v) is 3.99. The van der Waals surface area contributed by atoms with E-state index in [0.29, 0.717) is 11.1 Å². The largest absolute Gasteiger partial charge is 0.303 e. The Kier molecular flexibility index (Phi) is 1.59. The second-order valence-corrected chi connectivity index (χ2v) is 3.00. The van der Waals surface area contributed by atoms with Crippen LogP contribution >= 0.6 is 0 Å². The topological polar surface area (TPSA) is 64.8 Å². The lowest BCUT2D eigenvalue weighted by molar-refractivity contribution is 0.0999.